The zero-order valence-electron chi connectivity index (χ0n) is 23.2. The maximum absolute atomic E-state index is 9.22. The summed E-state index contributed by atoms with van der Waals surface area (Å²) in [4.78, 5) is 14.7. The highest BCUT2D eigenvalue weighted by atomic mass is 16.1. The van der Waals surface area contributed by atoms with Crippen molar-refractivity contribution in [3.05, 3.63) is 71.3 Å². The Morgan fingerprint density at radius 3 is 2.06 bits per heavy atom. The summed E-state index contributed by atoms with van der Waals surface area (Å²) in [6.07, 6.45) is 8.47. The van der Waals surface area contributed by atoms with E-state index < -0.39 is 0 Å². The maximum Gasteiger partial charge on any atom is 0.214 e. The van der Waals surface area contributed by atoms with Gasteiger partial charge >= 0.3 is 0 Å². The van der Waals surface area contributed by atoms with Gasteiger partial charge < -0.3 is 5.73 Å². The van der Waals surface area contributed by atoms with Gasteiger partial charge in [0.05, 0.1) is 0 Å². The van der Waals surface area contributed by atoms with Gasteiger partial charge in [0.2, 0.25) is 5.91 Å². The van der Waals surface area contributed by atoms with Gasteiger partial charge in [-0.25, -0.2) is 0 Å². The lowest BCUT2D eigenvalue weighted by atomic mass is 9.57. The van der Waals surface area contributed by atoms with Crippen LogP contribution in [0.2, 0.25) is 0 Å². The third kappa shape index (κ3) is 6.77. The number of hydrogen-bond donors (Lipinski definition) is 1. The molecule has 198 valence electrons. The first kappa shape index (κ1) is 28.4. The molecule has 5 rings (SSSR count). The highest BCUT2D eigenvalue weighted by Crippen LogP contribution is 2.53. The summed E-state index contributed by atoms with van der Waals surface area (Å²) in [5.74, 6) is 1.36. The lowest BCUT2D eigenvalue weighted by Gasteiger charge is -2.54. The summed E-state index contributed by atoms with van der Waals surface area (Å²) >= 11 is 0. The van der Waals surface area contributed by atoms with E-state index in [9.17, 15) is 4.79 Å². The second-order valence-electron chi connectivity index (χ2n) is 10.6. The average molecular weight is 492 g/mol. The van der Waals surface area contributed by atoms with Gasteiger partial charge in [-0.1, -0.05) is 88.2 Å². The lowest BCUT2D eigenvalue weighted by Crippen LogP contribution is -2.56. The van der Waals surface area contributed by atoms with Gasteiger partial charge in [0, 0.05) is 32.0 Å². The number of piperidine rings is 1. The van der Waals surface area contributed by atoms with Gasteiger partial charge in [-0.3, -0.25) is 14.6 Å². The van der Waals surface area contributed by atoms with Crippen molar-refractivity contribution in [1.29, 1.82) is 0 Å². The molecule has 1 atom stereocenters. The summed E-state index contributed by atoms with van der Waals surface area (Å²) in [6, 6.07) is 20.5. The number of likely N-dealkylation sites (tertiary alicyclic amines) is 1. The molecule has 3 aliphatic rings. The Bertz CT molecular complexity index is 912. The Morgan fingerprint density at radius 2 is 1.44 bits per heavy atom. The Morgan fingerprint density at radius 1 is 0.889 bits per heavy atom. The van der Waals surface area contributed by atoms with E-state index in [0.29, 0.717) is 5.41 Å². The van der Waals surface area contributed by atoms with Crippen LogP contribution < -0.4 is 5.73 Å². The number of amides is 1. The number of nitrogens with zero attached hydrogens (tertiary/aromatic N) is 2. The molecule has 2 aromatic rings. The minimum absolute atomic E-state index is 0.333. The van der Waals surface area contributed by atoms with Gasteiger partial charge in [0.25, 0.3) is 0 Å². The van der Waals surface area contributed by atoms with Gasteiger partial charge in [0.1, 0.15) is 0 Å². The molecule has 4 nitrogen and oxygen atoms in total. The molecule has 4 heteroatoms. The number of carbonyl (C=O) groups excluding carboxylic acids is 1. The zero-order chi connectivity index (χ0) is 26.0. The fourth-order valence-corrected chi connectivity index (χ4v) is 7.01. The van der Waals surface area contributed by atoms with Crippen LogP contribution in [0.5, 0.6) is 0 Å². The molecule has 2 heterocycles. The van der Waals surface area contributed by atoms with Crippen LogP contribution in [0.4, 0.5) is 0 Å². The van der Waals surface area contributed by atoms with Crippen LogP contribution in [0.15, 0.2) is 54.6 Å². The molecule has 0 aromatic heterocycles. The molecular formula is C32H49N3O. The quantitative estimate of drug-likeness (QED) is 0.528. The van der Waals surface area contributed by atoms with Crippen LogP contribution in [0.1, 0.15) is 82.9 Å². The first-order chi connectivity index (χ1) is 17.5. The van der Waals surface area contributed by atoms with Gasteiger partial charge in [-0.05, 0) is 73.8 Å². The number of likely N-dealkylation sites (N-methyl/N-ethyl adjacent to an activating group) is 1. The minimum Gasteiger partial charge on any atom is -0.370 e. The van der Waals surface area contributed by atoms with E-state index in [-0.39, 0.29) is 5.91 Å². The van der Waals surface area contributed by atoms with Gasteiger partial charge in [-0.15, -0.1) is 0 Å². The average Bonchev–Trinajstić information content (AvgIpc) is 3.45. The number of rotatable bonds is 5. The molecule has 1 unspecified atom stereocenters. The number of benzene rings is 2. The summed E-state index contributed by atoms with van der Waals surface area (Å²) < 4.78 is 0. The predicted molar refractivity (Wildman–Crippen MR) is 152 cm³/mol. The van der Waals surface area contributed by atoms with Crippen LogP contribution in [0.25, 0.3) is 0 Å². The maximum atomic E-state index is 9.22. The minimum atomic E-state index is -0.333. The monoisotopic (exact) mass is 491 g/mol. The third-order valence-corrected chi connectivity index (χ3v) is 8.49. The third-order valence-electron chi connectivity index (χ3n) is 8.49. The molecule has 2 aliphatic heterocycles. The molecule has 1 saturated heterocycles. The molecule has 1 amide bonds. The first-order valence-corrected chi connectivity index (χ1v) is 14.4. The fraction of sp³-hybridized carbons (Fsp3) is 0.594. The Kier molecular flexibility index (Phi) is 11.0. The van der Waals surface area contributed by atoms with Crippen molar-refractivity contribution < 1.29 is 4.79 Å². The lowest BCUT2D eigenvalue weighted by molar-refractivity contribution is -0.115. The standard InChI is InChI=1S/C28H38N2.C2H5NO.C2H6/c1-2-29-21-24-12-6-9-15-27(24)28(22-29,25-13-7-8-14-25)26-16-18-30(19-17-26)20-23-10-4-3-5-11-23;1-2(3)4;1-2/h3-6,9-12,15,25-26H,2,7-8,13-14,16-22H2,1H3;1H3,(H2,3,4);1-2H3. The highest BCUT2D eigenvalue weighted by Gasteiger charge is 2.51. The van der Waals surface area contributed by atoms with Crippen LogP contribution in [-0.4, -0.2) is 41.9 Å². The number of hydrogen-bond acceptors (Lipinski definition) is 3. The fourth-order valence-electron chi connectivity index (χ4n) is 7.01. The smallest absolute Gasteiger partial charge is 0.214 e. The molecule has 1 aliphatic carbocycles. The van der Waals surface area contributed by atoms with Crippen LogP contribution in [-0.2, 0) is 23.3 Å². The Labute approximate surface area is 220 Å². The molecule has 0 radical (unpaired) electrons. The van der Waals surface area contributed by atoms with E-state index in [2.05, 4.69) is 77.1 Å². The molecule has 2 N–H and O–H groups in total. The summed E-state index contributed by atoms with van der Waals surface area (Å²) in [5, 5.41) is 0. The summed E-state index contributed by atoms with van der Waals surface area (Å²) in [6.45, 7) is 14.9. The first-order valence-electron chi connectivity index (χ1n) is 14.4. The van der Waals surface area contributed by atoms with Crippen LogP contribution >= 0.6 is 0 Å². The van der Waals surface area contributed by atoms with E-state index in [1.54, 1.807) is 11.1 Å². The second-order valence-corrected chi connectivity index (χ2v) is 10.6. The topological polar surface area (TPSA) is 49.6 Å². The Balaban J connectivity index is 0.000000550. The van der Waals surface area contributed by atoms with Gasteiger partial charge in [-0.2, -0.15) is 0 Å². The van der Waals surface area contributed by atoms with Crippen LogP contribution in [0, 0.1) is 11.8 Å². The highest BCUT2D eigenvalue weighted by molar-refractivity contribution is 5.70. The van der Waals surface area contributed by atoms with E-state index in [4.69, 9.17) is 0 Å². The van der Waals surface area contributed by atoms with Crippen molar-refractivity contribution in [2.24, 2.45) is 17.6 Å². The molecule has 0 spiro atoms. The van der Waals surface area contributed by atoms with E-state index >= 15 is 0 Å². The molecule has 0 bridgehead atoms. The van der Waals surface area contributed by atoms with E-state index in [1.807, 2.05) is 13.8 Å². The number of nitrogens with two attached hydrogens (primary N) is 1. The van der Waals surface area contributed by atoms with Crippen molar-refractivity contribution in [1.82, 2.24) is 9.80 Å². The van der Waals surface area contributed by atoms with Crippen molar-refractivity contribution in [3.8, 4) is 0 Å². The number of fused-ring (bicyclic) bond motifs is 1. The normalized spacial score (nSPS) is 23.1. The van der Waals surface area contributed by atoms with E-state index in [1.165, 1.54) is 77.2 Å². The van der Waals surface area contributed by atoms with E-state index in [0.717, 1.165) is 24.9 Å². The number of carbonyl (C=O) groups is 1. The van der Waals surface area contributed by atoms with Crippen molar-refractivity contribution >= 4 is 5.91 Å². The molecule has 1 saturated carbocycles. The summed E-state index contributed by atoms with van der Waals surface area (Å²) in [7, 11) is 0. The van der Waals surface area contributed by atoms with Crippen molar-refractivity contribution in [2.75, 3.05) is 26.2 Å². The SMILES string of the molecule is CC.CC(N)=O.CCN1Cc2ccccc2C(C2CCCC2)(C2CCN(Cc3ccccc3)CC2)C1. The predicted octanol–water partition coefficient (Wildman–Crippen LogP) is 6.38. The molecular weight excluding hydrogens is 442 g/mol. The van der Waals surface area contributed by atoms with Gasteiger partial charge in [0.15, 0.2) is 0 Å². The number of primary amides is 1. The van der Waals surface area contributed by atoms with Crippen LogP contribution in [0.3, 0.4) is 0 Å². The second kappa shape index (κ2) is 13.9. The molecule has 2 aromatic carbocycles. The Hall–Kier alpha value is -2.17. The largest absolute Gasteiger partial charge is 0.370 e. The zero-order valence-corrected chi connectivity index (χ0v) is 23.2. The van der Waals surface area contributed by atoms with Crippen molar-refractivity contribution in [2.45, 2.75) is 84.7 Å². The van der Waals surface area contributed by atoms with Crippen molar-refractivity contribution in [3.63, 3.8) is 0 Å². The molecule has 2 fully saturated rings. The molecule has 36 heavy (non-hydrogen) atoms. The summed E-state index contributed by atoms with van der Waals surface area (Å²) in [5.41, 5.74) is 9.65.